The summed E-state index contributed by atoms with van der Waals surface area (Å²) < 4.78 is 24.7. The van der Waals surface area contributed by atoms with Crippen LogP contribution in [0, 0.1) is 5.92 Å². The van der Waals surface area contributed by atoms with E-state index in [9.17, 15) is 9.59 Å². The lowest BCUT2D eigenvalue weighted by Crippen LogP contribution is -2.28. The molecule has 0 aliphatic carbocycles. The number of fused-ring (bicyclic) bond motifs is 3. The Bertz CT molecular complexity index is 1280. The zero-order valence-electron chi connectivity index (χ0n) is 22.0. The average Bonchev–Trinajstić information content (AvgIpc) is 2.89. The fraction of sp³-hybridized carbons (Fsp3) is 0.400. The first kappa shape index (κ1) is 26.5. The van der Waals surface area contributed by atoms with Gasteiger partial charge in [0.2, 0.25) is 0 Å². The van der Waals surface area contributed by atoms with E-state index >= 15 is 0 Å². The minimum Gasteiger partial charge on any atom is -0.490 e. The number of hydrogen-bond donors (Lipinski definition) is 0. The van der Waals surface area contributed by atoms with Gasteiger partial charge in [0.15, 0.2) is 16.9 Å². The number of methoxy groups -OCH3 is 1. The van der Waals surface area contributed by atoms with E-state index in [0.717, 1.165) is 35.2 Å². The van der Waals surface area contributed by atoms with E-state index in [0.29, 0.717) is 31.3 Å². The molecule has 0 bridgehead atoms. The first-order valence-electron chi connectivity index (χ1n) is 12.8. The molecule has 3 aromatic rings. The summed E-state index contributed by atoms with van der Waals surface area (Å²) in [5, 5.41) is 0. The summed E-state index contributed by atoms with van der Waals surface area (Å²) in [4.78, 5) is 25.4. The van der Waals surface area contributed by atoms with Crippen LogP contribution in [-0.2, 0) is 22.5 Å². The van der Waals surface area contributed by atoms with Gasteiger partial charge in [0.05, 0.1) is 18.9 Å². The third-order valence-corrected chi connectivity index (χ3v) is 6.56. The van der Waals surface area contributed by atoms with Crippen molar-refractivity contribution >= 4 is 5.97 Å². The van der Waals surface area contributed by atoms with Gasteiger partial charge in [-0.15, -0.1) is 0 Å². The Balaban J connectivity index is 1.77. The van der Waals surface area contributed by atoms with Crippen LogP contribution >= 0.6 is 0 Å². The van der Waals surface area contributed by atoms with Crippen molar-refractivity contribution in [1.82, 2.24) is 4.57 Å². The number of hydrogen-bond acceptors (Lipinski definition) is 6. The molecule has 0 saturated carbocycles. The van der Waals surface area contributed by atoms with Crippen molar-refractivity contribution in [3.8, 4) is 22.8 Å². The van der Waals surface area contributed by atoms with Gasteiger partial charge >= 0.3 is 5.97 Å². The molecule has 0 N–H and O–H groups in total. The topological polar surface area (TPSA) is 76.0 Å². The van der Waals surface area contributed by atoms with Gasteiger partial charge in [0.1, 0.15) is 12.2 Å². The van der Waals surface area contributed by atoms with Crippen LogP contribution in [0.3, 0.4) is 0 Å². The SMILES string of the molecule is CCOC(=O)c1cn2c(cc1=O)-c1cc(OCc3ccccc3)c(OCCCOC)cc1CC2C(C)C. The van der Waals surface area contributed by atoms with Crippen LogP contribution < -0.4 is 14.9 Å². The van der Waals surface area contributed by atoms with Crippen molar-refractivity contribution in [3.63, 3.8) is 0 Å². The highest BCUT2D eigenvalue weighted by Crippen LogP contribution is 2.43. The predicted octanol–water partition coefficient (Wildman–Crippen LogP) is 5.44. The van der Waals surface area contributed by atoms with E-state index in [2.05, 4.69) is 13.8 Å². The molecule has 0 radical (unpaired) electrons. The zero-order chi connectivity index (χ0) is 26.4. The largest absolute Gasteiger partial charge is 0.490 e. The monoisotopic (exact) mass is 505 g/mol. The first-order chi connectivity index (χ1) is 17.9. The zero-order valence-corrected chi connectivity index (χ0v) is 22.0. The summed E-state index contributed by atoms with van der Waals surface area (Å²) in [7, 11) is 1.67. The number of pyridine rings is 1. The standard InChI is InChI=1S/C30H35NO6/c1-5-35-30(33)24-18-31-25(20(2)3)14-22-15-28(36-13-9-12-34-4)29(16-23(22)26(31)17-27(24)32)37-19-21-10-7-6-8-11-21/h6-8,10-11,15-18,20,25H,5,9,12-14,19H2,1-4H3. The second-order valence-corrected chi connectivity index (χ2v) is 9.51. The third kappa shape index (κ3) is 6.05. The van der Waals surface area contributed by atoms with Crippen LogP contribution in [-0.4, -0.2) is 37.5 Å². The molecule has 196 valence electrons. The Kier molecular flexibility index (Phi) is 8.66. The second-order valence-electron chi connectivity index (χ2n) is 9.51. The second kappa shape index (κ2) is 12.1. The van der Waals surface area contributed by atoms with Gasteiger partial charge < -0.3 is 23.5 Å². The lowest BCUT2D eigenvalue weighted by atomic mass is 9.87. The summed E-state index contributed by atoms with van der Waals surface area (Å²) >= 11 is 0. The van der Waals surface area contributed by atoms with Crippen molar-refractivity contribution in [2.45, 2.75) is 46.3 Å². The lowest BCUT2D eigenvalue weighted by molar-refractivity contribution is 0.0523. The molecule has 1 aliphatic rings. The molecule has 0 saturated heterocycles. The Morgan fingerprint density at radius 3 is 2.51 bits per heavy atom. The van der Waals surface area contributed by atoms with Crippen LogP contribution in [0.4, 0.5) is 0 Å². The van der Waals surface area contributed by atoms with Crippen LogP contribution in [0.15, 0.2) is 59.5 Å². The Morgan fingerprint density at radius 1 is 1.05 bits per heavy atom. The molecular formula is C30H35NO6. The molecule has 4 rings (SSSR count). The maximum Gasteiger partial charge on any atom is 0.343 e. The number of aromatic nitrogens is 1. The summed E-state index contributed by atoms with van der Waals surface area (Å²) in [6.45, 7) is 7.72. The van der Waals surface area contributed by atoms with E-state index in [1.807, 2.05) is 47.0 Å². The van der Waals surface area contributed by atoms with E-state index in [-0.39, 0.29) is 29.6 Å². The average molecular weight is 506 g/mol. The fourth-order valence-electron chi connectivity index (χ4n) is 4.64. The van der Waals surface area contributed by atoms with Crippen molar-refractivity contribution < 1.29 is 23.7 Å². The molecule has 1 atom stereocenters. The number of benzene rings is 2. The van der Waals surface area contributed by atoms with Crippen molar-refractivity contribution in [2.75, 3.05) is 26.9 Å². The van der Waals surface area contributed by atoms with Crippen molar-refractivity contribution in [1.29, 1.82) is 0 Å². The quantitative estimate of drug-likeness (QED) is 0.255. The molecule has 2 heterocycles. The summed E-state index contributed by atoms with van der Waals surface area (Å²) in [6, 6.07) is 15.5. The number of ether oxygens (including phenoxy) is 4. The van der Waals surface area contributed by atoms with Crippen molar-refractivity contribution in [2.24, 2.45) is 5.92 Å². The van der Waals surface area contributed by atoms with Gasteiger partial charge in [0, 0.05) is 44.0 Å². The highest BCUT2D eigenvalue weighted by Gasteiger charge is 2.29. The van der Waals surface area contributed by atoms with Crippen LogP contribution in [0.25, 0.3) is 11.3 Å². The fourth-order valence-corrected chi connectivity index (χ4v) is 4.64. The van der Waals surface area contributed by atoms with E-state index in [1.54, 1.807) is 26.3 Å². The smallest absolute Gasteiger partial charge is 0.343 e. The molecule has 0 amide bonds. The maximum absolute atomic E-state index is 13.0. The maximum atomic E-state index is 13.0. The normalized spacial score (nSPS) is 14.1. The van der Waals surface area contributed by atoms with Gasteiger partial charge in [-0.1, -0.05) is 44.2 Å². The molecule has 0 fully saturated rings. The molecular weight excluding hydrogens is 470 g/mol. The summed E-state index contributed by atoms with van der Waals surface area (Å²) in [5.41, 5.74) is 3.48. The highest BCUT2D eigenvalue weighted by molar-refractivity contribution is 5.89. The van der Waals surface area contributed by atoms with Crippen molar-refractivity contribution in [3.05, 3.63) is 81.6 Å². The number of carbonyl (C=O) groups is 1. The van der Waals surface area contributed by atoms with Gasteiger partial charge in [0.25, 0.3) is 0 Å². The molecule has 7 nitrogen and oxygen atoms in total. The Labute approximate surface area is 217 Å². The lowest BCUT2D eigenvalue weighted by Gasteiger charge is -2.34. The Hall–Kier alpha value is -3.58. The number of nitrogens with zero attached hydrogens (tertiary/aromatic N) is 1. The molecule has 2 aromatic carbocycles. The number of esters is 1. The molecule has 7 heteroatoms. The molecule has 1 aromatic heterocycles. The van der Waals surface area contributed by atoms with Gasteiger partial charge in [-0.3, -0.25) is 4.79 Å². The van der Waals surface area contributed by atoms with Gasteiger partial charge in [-0.05, 0) is 42.5 Å². The molecule has 1 unspecified atom stereocenters. The Morgan fingerprint density at radius 2 is 1.81 bits per heavy atom. The van der Waals surface area contributed by atoms with Crippen LogP contribution in [0.2, 0.25) is 0 Å². The van der Waals surface area contributed by atoms with Gasteiger partial charge in [-0.25, -0.2) is 4.79 Å². The van der Waals surface area contributed by atoms with E-state index in [4.69, 9.17) is 18.9 Å². The predicted molar refractivity (Wildman–Crippen MR) is 142 cm³/mol. The minimum atomic E-state index is -0.595. The first-order valence-corrected chi connectivity index (χ1v) is 12.8. The van der Waals surface area contributed by atoms with Crippen LogP contribution in [0.5, 0.6) is 11.5 Å². The number of rotatable bonds is 11. The van der Waals surface area contributed by atoms with Crippen LogP contribution in [0.1, 0.15) is 54.7 Å². The van der Waals surface area contributed by atoms with E-state index in [1.165, 1.54) is 0 Å². The van der Waals surface area contributed by atoms with Gasteiger partial charge in [-0.2, -0.15) is 0 Å². The molecule has 1 aliphatic heterocycles. The highest BCUT2D eigenvalue weighted by atomic mass is 16.5. The summed E-state index contributed by atoms with van der Waals surface area (Å²) in [5.74, 6) is 0.955. The summed E-state index contributed by atoms with van der Waals surface area (Å²) in [6.07, 6.45) is 3.15. The number of carbonyl (C=O) groups excluding carboxylic acids is 1. The molecule has 0 spiro atoms. The molecule has 37 heavy (non-hydrogen) atoms. The van der Waals surface area contributed by atoms with E-state index < -0.39 is 5.97 Å². The minimum absolute atomic E-state index is 0.0540. The third-order valence-electron chi connectivity index (χ3n) is 6.56.